The third-order valence-electron chi connectivity index (χ3n) is 5.84. The second-order valence-electron chi connectivity index (χ2n) is 7.55. The standard InChI is InChI=1S/C19H25N3O2S/c1-10-6-15(11(2)24-10)16-9-25-19(21-16)22-18(23)14-7-12-4-3-5-13(8-14)17(12)20/h6,9,12-14,17H,3-5,7-8,20H2,1-2H3,(H,21,22,23). The Bertz CT molecular complexity index is 767. The summed E-state index contributed by atoms with van der Waals surface area (Å²) in [5.74, 6) is 2.91. The summed E-state index contributed by atoms with van der Waals surface area (Å²) in [5, 5.41) is 5.66. The second-order valence-corrected chi connectivity index (χ2v) is 8.41. The molecule has 4 rings (SSSR count). The number of hydrogen-bond donors (Lipinski definition) is 2. The van der Waals surface area contributed by atoms with Gasteiger partial charge in [-0.05, 0) is 57.4 Å². The minimum absolute atomic E-state index is 0.0698. The van der Waals surface area contributed by atoms with Crippen LogP contribution in [0.3, 0.4) is 0 Å². The molecule has 2 atom stereocenters. The van der Waals surface area contributed by atoms with Gasteiger partial charge in [0.25, 0.3) is 0 Å². The first-order valence-corrected chi connectivity index (χ1v) is 9.98. The highest BCUT2D eigenvalue weighted by Crippen LogP contribution is 2.42. The van der Waals surface area contributed by atoms with E-state index in [-0.39, 0.29) is 17.9 Å². The normalized spacial score (nSPS) is 28.8. The molecular weight excluding hydrogens is 334 g/mol. The molecule has 134 valence electrons. The number of rotatable bonds is 3. The highest BCUT2D eigenvalue weighted by atomic mass is 32.1. The molecule has 2 aliphatic rings. The van der Waals surface area contributed by atoms with Crippen molar-refractivity contribution < 1.29 is 9.21 Å². The van der Waals surface area contributed by atoms with E-state index in [4.69, 9.17) is 10.2 Å². The minimum atomic E-state index is 0.0698. The van der Waals surface area contributed by atoms with Crippen molar-refractivity contribution in [2.24, 2.45) is 23.5 Å². The van der Waals surface area contributed by atoms with Gasteiger partial charge in [-0.15, -0.1) is 11.3 Å². The predicted molar refractivity (Wildman–Crippen MR) is 99.5 cm³/mol. The van der Waals surface area contributed by atoms with Crippen LogP contribution in [0.4, 0.5) is 5.13 Å². The molecule has 2 aromatic heterocycles. The van der Waals surface area contributed by atoms with Crippen LogP contribution in [0, 0.1) is 31.6 Å². The molecule has 25 heavy (non-hydrogen) atoms. The maximum atomic E-state index is 12.7. The Kier molecular flexibility index (Phi) is 4.41. The zero-order chi connectivity index (χ0) is 17.6. The predicted octanol–water partition coefficient (Wildman–Crippen LogP) is 4.11. The van der Waals surface area contributed by atoms with E-state index in [0.717, 1.165) is 35.6 Å². The number of nitrogens with one attached hydrogen (secondary N) is 1. The molecule has 2 aliphatic carbocycles. The molecule has 2 fully saturated rings. The van der Waals surface area contributed by atoms with Crippen LogP contribution in [0.2, 0.25) is 0 Å². The summed E-state index contributed by atoms with van der Waals surface area (Å²) in [6.07, 6.45) is 5.43. The van der Waals surface area contributed by atoms with Crippen molar-refractivity contribution in [1.29, 1.82) is 0 Å². The lowest BCUT2D eigenvalue weighted by Crippen LogP contribution is -2.48. The molecule has 0 aromatic carbocycles. The number of fused-ring (bicyclic) bond motifs is 2. The van der Waals surface area contributed by atoms with Crippen LogP contribution >= 0.6 is 11.3 Å². The first-order valence-electron chi connectivity index (χ1n) is 9.10. The molecule has 3 N–H and O–H groups in total. The SMILES string of the molecule is Cc1cc(-c2csc(NC(=O)C3CC4CCCC(C3)C4N)n2)c(C)o1. The number of nitrogens with zero attached hydrogens (tertiary/aromatic N) is 1. The first-order chi connectivity index (χ1) is 12.0. The Morgan fingerprint density at radius 2 is 2.04 bits per heavy atom. The van der Waals surface area contributed by atoms with Gasteiger partial charge in [0.2, 0.25) is 5.91 Å². The zero-order valence-electron chi connectivity index (χ0n) is 14.7. The quantitative estimate of drug-likeness (QED) is 0.864. The Morgan fingerprint density at radius 3 is 2.68 bits per heavy atom. The molecule has 0 radical (unpaired) electrons. The van der Waals surface area contributed by atoms with Gasteiger partial charge in [-0.1, -0.05) is 6.42 Å². The largest absolute Gasteiger partial charge is 0.466 e. The Hall–Kier alpha value is -1.66. The minimum Gasteiger partial charge on any atom is -0.466 e. The number of nitrogens with two attached hydrogens (primary N) is 1. The average molecular weight is 359 g/mol. The van der Waals surface area contributed by atoms with E-state index in [9.17, 15) is 4.79 Å². The van der Waals surface area contributed by atoms with E-state index in [1.165, 1.54) is 30.6 Å². The van der Waals surface area contributed by atoms with E-state index < -0.39 is 0 Å². The van der Waals surface area contributed by atoms with Crippen molar-refractivity contribution in [1.82, 2.24) is 4.98 Å². The molecule has 2 unspecified atom stereocenters. The van der Waals surface area contributed by atoms with Gasteiger partial charge in [0.15, 0.2) is 5.13 Å². The summed E-state index contributed by atoms with van der Waals surface area (Å²) >= 11 is 1.47. The van der Waals surface area contributed by atoms with Gasteiger partial charge in [-0.25, -0.2) is 4.98 Å². The molecule has 0 aliphatic heterocycles. The van der Waals surface area contributed by atoms with Crippen LogP contribution in [0.15, 0.2) is 15.9 Å². The van der Waals surface area contributed by atoms with E-state index in [1.807, 2.05) is 25.3 Å². The third kappa shape index (κ3) is 3.25. The molecule has 0 spiro atoms. The summed E-state index contributed by atoms with van der Waals surface area (Å²) in [7, 11) is 0. The van der Waals surface area contributed by atoms with Crippen LogP contribution in [0.25, 0.3) is 11.3 Å². The van der Waals surface area contributed by atoms with Crippen molar-refractivity contribution in [3.63, 3.8) is 0 Å². The summed E-state index contributed by atoms with van der Waals surface area (Å²) in [5.41, 5.74) is 8.18. The maximum absolute atomic E-state index is 12.7. The van der Waals surface area contributed by atoms with Gasteiger partial charge in [0, 0.05) is 22.9 Å². The van der Waals surface area contributed by atoms with Gasteiger partial charge >= 0.3 is 0 Å². The van der Waals surface area contributed by atoms with E-state index in [2.05, 4.69) is 10.3 Å². The molecule has 2 saturated carbocycles. The molecule has 6 heteroatoms. The number of furan rings is 1. The molecule has 2 bridgehead atoms. The fraction of sp³-hybridized carbons (Fsp3) is 0.579. The number of aryl methyl sites for hydroxylation is 2. The zero-order valence-corrected chi connectivity index (χ0v) is 15.6. The number of carbonyl (C=O) groups is 1. The van der Waals surface area contributed by atoms with Crippen molar-refractivity contribution in [3.8, 4) is 11.3 Å². The monoisotopic (exact) mass is 359 g/mol. The van der Waals surface area contributed by atoms with Gasteiger partial charge in [0.1, 0.15) is 11.5 Å². The van der Waals surface area contributed by atoms with Crippen LogP contribution in [0.1, 0.15) is 43.6 Å². The van der Waals surface area contributed by atoms with Crippen LogP contribution in [-0.2, 0) is 4.79 Å². The summed E-state index contributed by atoms with van der Waals surface area (Å²) in [4.78, 5) is 17.3. The van der Waals surface area contributed by atoms with Crippen molar-refractivity contribution in [2.45, 2.75) is 52.0 Å². The summed E-state index contributed by atoms with van der Waals surface area (Å²) in [6.45, 7) is 3.86. The molecule has 2 heterocycles. The lowest BCUT2D eigenvalue weighted by Gasteiger charge is -2.43. The smallest absolute Gasteiger partial charge is 0.229 e. The number of anilines is 1. The van der Waals surface area contributed by atoms with Crippen molar-refractivity contribution in [2.75, 3.05) is 5.32 Å². The first kappa shape index (κ1) is 16.8. The van der Waals surface area contributed by atoms with Gasteiger partial charge < -0.3 is 15.5 Å². The van der Waals surface area contributed by atoms with Gasteiger partial charge in [0.05, 0.1) is 5.69 Å². The number of thiazole rings is 1. The lowest BCUT2D eigenvalue weighted by molar-refractivity contribution is -0.122. The summed E-state index contributed by atoms with van der Waals surface area (Å²) in [6, 6.07) is 2.27. The molecule has 5 nitrogen and oxygen atoms in total. The molecule has 2 aromatic rings. The van der Waals surface area contributed by atoms with Crippen molar-refractivity contribution >= 4 is 22.4 Å². The highest BCUT2D eigenvalue weighted by Gasteiger charge is 2.40. The Morgan fingerprint density at radius 1 is 1.32 bits per heavy atom. The topological polar surface area (TPSA) is 81.2 Å². The highest BCUT2D eigenvalue weighted by molar-refractivity contribution is 7.14. The maximum Gasteiger partial charge on any atom is 0.229 e. The van der Waals surface area contributed by atoms with Gasteiger partial charge in [-0.2, -0.15) is 0 Å². The van der Waals surface area contributed by atoms with Crippen molar-refractivity contribution in [3.05, 3.63) is 23.0 Å². The fourth-order valence-corrected chi connectivity index (χ4v) is 5.26. The molecule has 0 saturated heterocycles. The second kappa shape index (κ2) is 6.57. The van der Waals surface area contributed by atoms with Crippen LogP contribution < -0.4 is 11.1 Å². The number of amides is 1. The fourth-order valence-electron chi connectivity index (χ4n) is 4.55. The molecular formula is C19H25N3O2S. The summed E-state index contributed by atoms with van der Waals surface area (Å²) < 4.78 is 5.57. The average Bonchev–Trinajstić information content (AvgIpc) is 3.13. The number of aromatic nitrogens is 1. The lowest BCUT2D eigenvalue weighted by atomic mass is 9.65. The molecule has 1 amide bonds. The number of hydrogen-bond acceptors (Lipinski definition) is 5. The van der Waals surface area contributed by atoms with Gasteiger partial charge in [-0.3, -0.25) is 4.79 Å². The van der Waals surface area contributed by atoms with E-state index in [0.29, 0.717) is 17.0 Å². The Labute approximate surface area is 152 Å². The van der Waals surface area contributed by atoms with Crippen LogP contribution in [-0.4, -0.2) is 16.9 Å². The van der Waals surface area contributed by atoms with E-state index >= 15 is 0 Å². The van der Waals surface area contributed by atoms with Crippen LogP contribution in [0.5, 0.6) is 0 Å². The Balaban J connectivity index is 1.44. The number of carbonyl (C=O) groups excluding carboxylic acids is 1. The van der Waals surface area contributed by atoms with E-state index in [1.54, 1.807) is 0 Å². The third-order valence-corrected chi connectivity index (χ3v) is 6.59.